The molecule has 0 unspecified atom stereocenters. The molecule has 0 aromatic heterocycles. The zero-order valence-corrected chi connectivity index (χ0v) is 13.4. The van der Waals surface area contributed by atoms with Crippen LogP contribution in [0.25, 0.3) is 0 Å². The number of β-amino-alcohol motifs (C(OH)–C–C–N with tert-alkyl or cyclic N) is 1. The Balaban J connectivity index is 2.06. The molecule has 25 heavy (non-hydrogen) atoms. The van der Waals surface area contributed by atoms with E-state index in [1.807, 2.05) is 0 Å². The van der Waals surface area contributed by atoms with Crippen molar-refractivity contribution in [3.8, 4) is 0 Å². The van der Waals surface area contributed by atoms with Gasteiger partial charge in [0.15, 0.2) is 0 Å². The SMILES string of the molecule is C=CC(=O)NCCC(=O)N1C[C@H](O)C[C@H]1c1ccc(C(F)(F)F)cc1. The highest BCUT2D eigenvalue weighted by Gasteiger charge is 2.36. The van der Waals surface area contributed by atoms with E-state index in [1.165, 1.54) is 17.0 Å². The second-order valence-corrected chi connectivity index (χ2v) is 5.82. The molecule has 1 fully saturated rings. The van der Waals surface area contributed by atoms with E-state index in [2.05, 4.69) is 11.9 Å². The van der Waals surface area contributed by atoms with E-state index in [-0.39, 0.29) is 31.8 Å². The third-order valence-electron chi connectivity index (χ3n) is 4.05. The first-order valence-corrected chi connectivity index (χ1v) is 7.77. The number of nitrogens with zero attached hydrogens (tertiary/aromatic N) is 1. The van der Waals surface area contributed by atoms with E-state index in [4.69, 9.17) is 0 Å². The molecule has 2 atom stereocenters. The highest BCUT2D eigenvalue weighted by Crippen LogP contribution is 2.35. The van der Waals surface area contributed by atoms with Gasteiger partial charge in [0, 0.05) is 19.5 Å². The summed E-state index contributed by atoms with van der Waals surface area (Å²) >= 11 is 0. The molecule has 2 amide bonds. The number of benzene rings is 1. The molecule has 1 aliphatic rings. The van der Waals surface area contributed by atoms with Crippen LogP contribution in [-0.2, 0) is 15.8 Å². The number of likely N-dealkylation sites (tertiary alicyclic amines) is 1. The highest BCUT2D eigenvalue weighted by molar-refractivity contribution is 5.87. The monoisotopic (exact) mass is 356 g/mol. The fourth-order valence-corrected chi connectivity index (χ4v) is 2.81. The molecule has 0 saturated carbocycles. The fraction of sp³-hybridized carbons (Fsp3) is 0.412. The molecule has 2 N–H and O–H groups in total. The molecule has 0 spiro atoms. The summed E-state index contributed by atoms with van der Waals surface area (Å²) < 4.78 is 38.0. The van der Waals surface area contributed by atoms with Gasteiger partial charge in [0.2, 0.25) is 11.8 Å². The summed E-state index contributed by atoms with van der Waals surface area (Å²) in [5.74, 6) is -0.681. The lowest BCUT2D eigenvalue weighted by molar-refractivity contribution is -0.137. The minimum Gasteiger partial charge on any atom is -0.391 e. The van der Waals surface area contributed by atoms with Gasteiger partial charge < -0.3 is 15.3 Å². The Hall–Kier alpha value is -2.35. The normalized spacial score (nSPS) is 20.4. The fourth-order valence-electron chi connectivity index (χ4n) is 2.81. The van der Waals surface area contributed by atoms with Crippen LogP contribution in [0.4, 0.5) is 13.2 Å². The summed E-state index contributed by atoms with van der Waals surface area (Å²) in [4.78, 5) is 24.8. The first-order chi connectivity index (χ1) is 11.7. The van der Waals surface area contributed by atoms with Gasteiger partial charge in [0.1, 0.15) is 0 Å². The Labute approximate surface area is 143 Å². The summed E-state index contributed by atoms with van der Waals surface area (Å²) in [6.07, 6.45) is -3.78. The predicted molar refractivity (Wildman–Crippen MR) is 84.3 cm³/mol. The average molecular weight is 356 g/mol. The van der Waals surface area contributed by atoms with Gasteiger partial charge in [0.05, 0.1) is 17.7 Å². The lowest BCUT2D eigenvalue weighted by Crippen LogP contribution is -2.34. The summed E-state index contributed by atoms with van der Waals surface area (Å²) in [6.45, 7) is 3.53. The largest absolute Gasteiger partial charge is 0.416 e. The maximum atomic E-state index is 12.7. The molecule has 1 saturated heterocycles. The topological polar surface area (TPSA) is 69.6 Å². The lowest BCUT2D eigenvalue weighted by atomic mass is 10.0. The summed E-state index contributed by atoms with van der Waals surface area (Å²) in [5.41, 5.74) is -0.229. The molecule has 8 heteroatoms. The average Bonchev–Trinajstić information content (AvgIpc) is 2.96. The van der Waals surface area contributed by atoms with Gasteiger partial charge in [-0.2, -0.15) is 13.2 Å². The van der Waals surface area contributed by atoms with E-state index in [0.717, 1.165) is 18.2 Å². The van der Waals surface area contributed by atoms with Crippen molar-refractivity contribution >= 4 is 11.8 Å². The highest BCUT2D eigenvalue weighted by atomic mass is 19.4. The zero-order chi connectivity index (χ0) is 18.6. The number of amides is 2. The van der Waals surface area contributed by atoms with E-state index in [0.29, 0.717) is 5.56 Å². The van der Waals surface area contributed by atoms with Crippen LogP contribution in [0, 0.1) is 0 Å². The Bertz CT molecular complexity index is 644. The third kappa shape index (κ3) is 4.82. The van der Waals surface area contributed by atoms with Crippen LogP contribution < -0.4 is 5.32 Å². The van der Waals surface area contributed by atoms with E-state index >= 15 is 0 Å². The molecule has 5 nitrogen and oxygen atoms in total. The van der Waals surface area contributed by atoms with Gasteiger partial charge in [-0.15, -0.1) is 0 Å². The van der Waals surface area contributed by atoms with Crippen LogP contribution in [-0.4, -0.2) is 41.0 Å². The molecule has 1 heterocycles. The zero-order valence-electron chi connectivity index (χ0n) is 13.4. The molecule has 1 aliphatic heterocycles. The van der Waals surface area contributed by atoms with Gasteiger partial charge in [-0.25, -0.2) is 0 Å². The van der Waals surface area contributed by atoms with Crippen molar-refractivity contribution in [1.29, 1.82) is 0 Å². The first kappa shape index (κ1) is 19.0. The number of hydrogen-bond donors (Lipinski definition) is 2. The van der Waals surface area contributed by atoms with Crippen molar-refractivity contribution in [2.24, 2.45) is 0 Å². The number of carbonyl (C=O) groups excluding carboxylic acids is 2. The Morgan fingerprint density at radius 3 is 2.52 bits per heavy atom. The Morgan fingerprint density at radius 2 is 1.96 bits per heavy atom. The van der Waals surface area contributed by atoms with Crippen molar-refractivity contribution < 1.29 is 27.9 Å². The molecule has 0 bridgehead atoms. The summed E-state index contributed by atoms with van der Waals surface area (Å²) in [6, 6.07) is 4.09. The maximum absolute atomic E-state index is 12.7. The van der Waals surface area contributed by atoms with Gasteiger partial charge in [-0.3, -0.25) is 9.59 Å². The van der Waals surface area contributed by atoms with E-state index in [9.17, 15) is 27.9 Å². The second-order valence-electron chi connectivity index (χ2n) is 5.82. The second kappa shape index (κ2) is 7.69. The van der Waals surface area contributed by atoms with Crippen LogP contribution in [0.5, 0.6) is 0 Å². The number of carbonyl (C=O) groups is 2. The van der Waals surface area contributed by atoms with Crippen molar-refractivity contribution in [3.63, 3.8) is 0 Å². The standard InChI is InChI=1S/C17H19F3N2O3/c1-2-15(24)21-8-7-16(25)22-10-13(23)9-14(22)11-3-5-12(6-4-11)17(18,19)20/h2-6,13-14,23H,1,7-10H2,(H,21,24)/t13-,14+/m1/s1. The molecule has 0 radical (unpaired) electrons. The summed E-state index contributed by atoms with van der Waals surface area (Å²) in [5, 5.41) is 12.3. The Kier molecular flexibility index (Phi) is 5.84. The lowest BCUT2D eigenvalue weighted by Gasteiger charge is -2.25. The maximum Gasteiger partial charge on any atom is 0.416 e. The van der Waals surface area contributed by atoms with Gasteiger partial charge in [-0.05, 0) is 30.2 Å². The number of aliphatic hydroxyl groups is 1. The van der Waals surface area contributed by atoms with Gasteiger partial charge in [-0.1, -0.05) is 18.7 Å². The minimum atomic E-state index is -4.42. The number of hydrogen-bond acceptors (Lipinski definition) is 3. The molecular formula is C17H19F3N2O3. The number of alkyl halides is 3. The van der Waals surface area contributed by atoms with Crippen LogP contribution in [0.1, 0.15) is 30.0 Å². The van der Waals surface area contributed by atoms with Crippen LogP contribution in [0.2, 0.25) is 0 Å². The number of halogens is 3. The van der Waals surface area contributed by atoms with E-state index in [1.54, 1.807) is 0 Å². The van der Waals surface area contributed by atoms with Crippen LogP contribution >= 0.6 is 0 Å². The van der Waals surface area contributed by atoms with Crippen LogP contribution in [0.15, 0.2) is 36.9 Å². The van der Waals surface area contributed by atoms with E-state index < -0.39 is 29.8 Å². The molecular weight excluding hydrogens is 337 g/mol. The smallest absolute Gasteiger partial charge is 0.391 e. The number of rotatable bonds is 5. The van der Waals surface area contributed by atoms with Crippen molar-refractivity contribution in [3.05, 3.63) is 48.0 Å². The number of nitrogens with one attached hydrogen (secondary N) is 1. The Morgan fingerprint density at radius 1 is 1.32 bits per heavy atom. The minimum absolute atomic E-state index is 0.0312. The molecule has 2 rings (SSSR count). The third-order valence-corrected chi connectivity index (χ3v) is 4.05. The van der Waals surface area contributed by atoms with Gasteiger partial charge >= 0.3 is 6.18 Å². The first-order valence-electron chi connectivity index (χ1n) is 7.77. The van der Waals surface area contributed by atoms with Gasteiger partial charge in [0.25, 0.3) is 0 Å². The van der Waals surface area contributed by atoms with Crippen molar-refractivity contribution in [2.45, 2.75) is 31.2 Å². The number of aliphatic hydroxyl groups excluding tert-OH is 1. The van der Waals surface area contributed by atoms with Crippen LogP contribution in [0.3, 0.4) is 0 Å². The summed E-state index contributed by atoms with van der Waals surface area (Å²) in [7, 11) is 0. The van der Waals surface area contributed by atoms with Crippen molar-refractivity contribution in [1.82, 2.24) is 10.2 Å². The molecule has 1 aromatic rings. The van der Waals surface area contributed by atoms with Crippen molar-refractivity contribution in [2.75, 3.05) is 13.1 Å². The quantitative estimate of drug-likeness (QED) is 0.793. The molecule has 1 aromatic carbocycles. The molecule has 136 valence electrons. The predicted octanol–water partition coefficient (Wildman–Crippen LogP) is 2.03. The molecule has 0 aliphatic carbocycles.